The summed E-state index contributed by atoms with van der Waals surface area (Å²) in [6.07, 6.45) is 1.03. The maximum atomic E-state index is 4.92. The van der Waals surface area contributed by atoms with Crippen molar-refractivity contribution in [2.45, 2.75) is 20.3 Å². The average Bonchev–Trinajstić information content (AvgIpc) is 3.11. The van der Waals surface area contributed by atoms with Gasteiger partial charge in [0.2, 0.25) is 0 Å². The van der Waals surface area contributed by atoms with Gasteiger partial charge in [-0.05, 0) is 31.9 Å². The Morgan fingerprint density at radius 1 is 1.00 bits per heavy atom. The molecule has 1 aliphatic rings. The van der Waals surface area contributed by atoms with Crippen LogP contribution in [0.25, 0.3) is 16.9 Å². The van der Waals surface area contributed by atoms with Crippen LogP contribution in [0.3, 0.4) is 0 Å². The number of nitrogens with zero attached hydrogens (tertiary/aromatic N) is 2. The van der Waals surface area contributed by atoms with Crippen LogP contribution in [0.2, 0.25) is 0 Å². The molecule has 1 N–H and O–H groups in total. The Bertz CT molecular complexity index is 828. The number of aromatic nitrogens is 2. The largest absolute Gasteiger partial charge is 0.369 e. The van der Waals surface area contributed by atoms with Crippen molar-refractivity contribution >= 4 is 5.82 Å². The Morgan fingerprint density at radius 3 is 2.55 bits per heavy atom. The molecule has 4 rings (SSSR count). The summed E-state index contributed by atoms with van der Waals surface area (Å²) in [6.45, 7) is 5.23. The number of anilines is 1. The van der Waals surface area contributed by atoms with Crippen molar-refractivity contribution in [3.8, 4) is 16.9 Å². The first-order valence-electron chi connectivity index (χ1n) is 7.73. The SMILES string of the molecule is Cc1ccc(-c2nn(-c3ccccc3C)c3c2CCN3)cc1. The number of hydrogen-bond acceptors (Lipinski definition) is 2. The molecule has 0 amide bonds. The first kappa shape index (κ1) is 13.1. The predicted octanol–water partition coefficient (Wildman–Crippen LogP) is 4.12. The lowest BCUT2D eigenvalue weighted by atomic mass is 10.1. The summed E-state index contributed by atoms with van der Waals surface area (Å²) in [5, 5.41) is 8.41. The second-order valence-corrected chi connectivity index (χ2v) is 5.92. The van der Waals surface area contributed by atoms with Crippen LogP contribution in [-0.2, 0) is 6.42 Å². The molecule has 1 aromatic heterocycles. The van der Waals surface area contributed by atoms with Crippen LogP contribution >= 0.6 is 0 Å². The Labute approximate surface area is 130 Å². The molecule has 2 heterocycles. The second kappa shape index (κ2) is 5.02. The van der Waals surface area contributed by atoms with E-state index in [1.165, 1.54) is 22.3 Å². The number of rotatable bonds is 2. The lowest BCUT2D eigenvalue weighted by Crippen LogP contribution is -2.05. The van der Waals surface area contributed by atoms with Crippen LogP contribution in [-0.4, -0.2) is 16.3 Å². The quantitative estimate of drug-likeness (QED) is 0.769. The number of fused-ring (bicyclic) bond motifs is 1. The van der Waals surface area contributed by atoms with Gasteiger partial charge >= 0.3 is 0 Å². The number of nitrogens with one attached hydrogen (secondary N) is 1. The minimum absolute atomic E-state index is 0.984. The van der Waals surface area contributed by atoms with Crippen molar-refractivity contribution < 1.29 is 0 Å². The van der Waals surface area contributed by atoms with E-state index in [4.69, 9.17) is 5.10 Å². The van der Waals surface area contributed by atoms with Gasteiger partial charge < -0.3 is 5.32 Å². The van der Waals surface area contributed by atoms with E-state index in [2.05, 4.69) is 72.4 Å². The molecule has 0 saturated carbocycles. The highest BCUT2D eigenvalue weighted by Crippen LogP contribution is 2.35. The molecule has 22 heavy (non-hydrogen) atoms. The molecule has 0 radical (unpaired) electrons. The van der Waals surface area contributed by atoms with Crippen LogP contribution in [0.5, 0.6) is 0 Å². The third kappa shape index (κ3) is 2.01. The van der Waals surface area contributed by atoms with Crippen molar-refractivity contribution in [3.63, 3.8) is 0 Å². The first-order chi connectivity index (χ1) is 10.7. The fourth-order valence-corrected chi connectivity index (χ4v) is 3.09. The van der Waals surface area contributed by atoms with Gasteiger partial charge in [-0.15, -0.1) is 0 Å². The summed E-state index contributed by atoms with van der Waals surface area (Å²) in [5.74, 6) is 1.14. The highest BCUT2D eigenvalue weighted by molar-refractivity contribution is 5.73. The first-order valence-corrected chi connectivity index (χ1v) is 7.73. The van der Waals surface area contributed by atoms with E-state index in [1.807, 2.05) is 0 Å². The van der Waals surface area contributed by atoms with Crippen molar-refractivity contribution in [1.29, 1.82) is 0 Å². The third-order valence-electron chi connectivity index (χ3n) is 4.32. The molecule has 3 heteroatoms. The maximum Gasteiger partial charge on any atom is 0.133 e. The van der Waals surface area contributed by atoms with Gasteiger partial charge in [0.1, 0.15) is 5.82 Å². The summed E-state index contributed by atoms with van der Waals surface area (Å²) in [4.78, 5) is 0. The molecular formula is C19H19N3. The van der Waals surface area contributed by atoms with Gasteiger partial charge in [0.05, 0.1) is 11.4 Å². The van der Waals surface area contributed by atoms with Crippen molar-refractivity contribution in [3.05, 3.63) is 65.2 Å². The predicted molar refractivity (Wildman–Crippen MR) is 90.7 cm³/mol. The molecule has 0 fully saturated rings. The number of aryl methyl sites for hydroxylation is 2. The number of para-hydroxylation sites is 1. The lowest BCUT2D eigenvalue weighted by molar-refractivity contribution is 0.875. The summed E-state index contributed by atoms with van der Waals surface area (Å²) in [6, 6.07) is 17.0. The van der Waals surface area contributed by atoms with Crippen LogP contribution in [0.15, 0.2) is 48.5 Å². The monoisotopic (exact) mass is 289 g/mol. The van der Waals surface area contributed by atoms with E-state index in [0.29, 0.717) is 0 Å². The van der Waals surface area contributed by atoms with Gasteiger partial charge in [-0.3, -0.25) is 0 Å². The molecular weight excluding hydrogens is 270 g/mol. The minimum Gasteiger partial charge on any atom is -0.369 e. The standard InChI is InChI=1S/C19H19N3/c1-13-7-9-15(10-8-13)18-16-11-12-20-19(16)22(21-18)17-6-4-3-5-14(17)2/h3-10,20H,11-12H2,1-2H3. The van der Waals surface area contributed by atoms with Gasteiger partial charge in [0.15, 0.2) is 0 Å². The van der Waals surface area contributed by atoms with E-state index < -0.39 is 0 Å². The fourth-order valence-electron chi connectivity index (χ4n) is 3.09. The third-order valence-corrected chi connectivity index (χ3v) is 4.32. The molecule has 0 unspecified atom stereocenters. The van der Waals surface area contributed by atoms with Gasteiger partial charge in [-0.2, -0.15) is 5.10 Å². The summed E-state index contributed by atoms with van der Waals surface area (Å²) in [7, 11) is 0. The highest BCUT2D eigenvalue weighted by atomic mass is 15.3. The van der Waals surface area contributed by atoms with E-state index in [9.17, 15) is 0 Å². The normalized spacial score (nSPS) is 13.0. The maximum absolute atomic E-state index is 4.92. The molecule has 3 aromatic rings. The van der Waals surface area contributed by atoms with Gasteiger partial charge in [0, 0.05) is 17.7 Å². The zero-order valence-corrected chi connectivity index (χ0v) is 12.9. The van der Waals surface area contributed by atoms with Crippen molar-refractivity contribution in [2.24, 2.45) is 0 Å². The molecule has 0 aliphatic carbocycles. The number of hydrogen-bond donors (Lipinski definition) is 1. The molecule has 0 spiro atoms. The van der Waals surface area contributed by atoms with Gasteiger partial charge in [-0.25, -0.2) is 4.68 Å². The molecule has 110 valence electrons. The average molecular weight is 289 g/mol. The van der Waals surface area contributed by atoms with Crippen LogP contribution in [0.4, 0.5) is 5.82 Å². The molecule has 0 bridgehead atoms. The number of benzene rings is 2. The second-order valence-electron chi connectivity index (χ2n) is 5.92. The Balaban J connectivity index is 1.90. The van der Waals surface area contributed by atoms with Gasteiger partial charge in [-0.1, -0.05) is 48.0 Å². The minimum atomic E-state index is 0.984. The smallest absolute Gasteiger partial charge is 0.133 e. The topological polar surface area (TPSA) is 29.9 Å². The molecule has 1 aliphatic heterocycles. The zero-order valence-electron chi connectivity index (χ0n) is 12.9. The summed E-state index contributed by atoms with van der Waals surface area (Å²) >= 11 is 0. The summed E-state index contributed by atoms with van der Waals surface area (Å²) in [5.41, 5.74) is 7.27. The zero-order chi connectivity index (χ0) is 15.1. The Kier molecular flexibility index (Phi) is 3.00. The molecule has 0 atom stereocenters. The fraction of sp³-hybridized carbons (Fsp3) is 0.211. The molecule has 0 saturated heterocycles. The lowest BCUT2D eigenvalue weighted by Gasteiger charge is -2.09. The van der Waals surface area contributed by atoms with E-state index in [0.717, 1.165) is 30.2 Å². The van der Waals surface area contributed by atoms with E-state index in [-0.39, 0.29) is 0 Å². The Morgan fingerprint density at radius 2 is 1.77 bits per heavy atom. The summed E-state index contributed by atoms with van der Waals surface area (Å²) < 4.78 is 2.06. The van der Waals surface area contributed by atoms with Crippen LogP contribution in [0, 0.1) is 13.8 Å². The van der Waals surface area contributed by atoms with Crippen LogP contribution < -0.4 is 5.32 Å². The van der Waals surface area contributed by atoms with Crippen LogP contribution in [0.1, 0.15) is 16.7 Å². The van der Waals surface area contributed by atoms with E-state index in [1.54, 1.807) is 0 Å². The van der Waals surface area contributed by atoms with Crippen molar-refractivity contribution in [2.75, 3.05) is 11.9 Å². The molecule has 3 nitrogen and oxygen atoms in total. The van der Waals surface area contributed by atoms with Gasteiger partial charge in [0.25, 0.3) is 0 Å². The molecule has 2 aromatic carbocycles. The van der Waals surface area contributed by atoms with E-state index >= 15 is 0 Å². The highest BCUT2D eigenvalue weighted by Gasteiger charge is 2.24. The van der Waals surface area contributed by atoms with Crippen molar-refractivity contribution in [1.82, 2.24) is 9.78 Å². The Hall–Kier alpha value is -2.55.